The summed E-state index contributed by atoms with van der Waals surface area (Å²) in [4.78, 5) is 26.9. The number of aryl methyl sites for hydroxylation is 1. The quantitative estimate of drug-likeness (QED) is 0.908. The molecule has 1 amide bonds. The number of carbonyl (C=O) groups is 1. The maximum Gasteiger partial charge on any atom is 0.251 e. The van der Waals surface area contributed by atoms with E-state index < -0.39 is 0 Å². The van der Waals surface area contributed by atoms with Crippen molar-refractivity contribution in [3.8, 4) is 0 Å². The Labute approximate surface area is 129 Å². The van der Waals surface area contributed by atoms with Crippen molar-refractivity contribution in [2.45, 2.75) is 46.0 Å². The lowest BCUT2D eigenvalue weighted by molar-refractivity contribution is -0.117. The summed E-state index contributed by atoms with van der Waals surface area (Å²) in [5, 5.41) is 3.97. The highest BCUT2D eigenvalue weighted by Crippen LogP contribution is 2.28. The third-order valence-electron chi connectivity index (χ3n) is 4.81. The number of nitrogens with one attached hydrogen (secondary N) is 2. The zero-order valence-corrected chi connectivity index (χ0v) is 13.2. The fourth-order valence-corrected chi connectivity index (χ4v) is 3.33. The second kappa shape index (κ2) is 5.95. The first kappa shape index (κ1) is 14.8. The Hall–Kier alpha value is -2.10. The van der Waals surface area contributed by atoms with Crippen LogP contribution in [0.25, 0.3) is 10.9 Å². The monoisotopic (exact) mass is 298 g/mol. The van der Waals surface area contributed by atoms with Gasteiger partial charge in [0.25, 0.3) is 5.56 Å². The molecule has 0 saturated heterocycles. The molecule has 2 aromatic rings. The zero-order chi connectivity index (χ0) is 15.7. The van der Waals surface area contributed by atoms with Crippen molar-refractivity contribution in [1.82, 2.24) is 4.98 Å². The van der Waals surface area contributed by atoms with Crippen molar-refractivity contribution in [2.24, 2.45) is 5.92 Å². The van der Waals surface area contributed by atoms with Crippen LogP contribution in [0.1, 0.15) is 43.2 Å². The van der Waals surface area contributed by atoms with Crippen LogP contribution in [0.3, 0.4) is 0 Å². The van der Waals surface area contributed by atoms with Crippen LogP contribution in [0.4, 0.5) is 5.69 Å². The van der Waals surface area contributed by atoms with Gasteiger partial charge in [-0.2, -0.15) is 0 Å². The topological polar surface area (TPSA) is 62.0 Å². The summed E-state index contributed by atoms with van der Waals surface area (Å²) in [6, 6.07) is 5.70. The van der Waals surface area contributed by atoms with Crippen LogP contribution in [0.2, 0.25) is 0 Å². The maximum absolute atomic E-state index is 12.1. The predicted octanol–water partition coefficient (Wildman–Crippen LogP) is 3.66. The number of anilines is 1. The fourth-order valence-electron chi connectivity index (χ4n) is 3.33. The Kier molecular flexibility index (Phi) is 4.01. The van der Waals surface area contributed by atoms with Crippen molar-refractivity contribution < 1.29 is 4.79 Å². The minimum atomic E-state index is -0.0700. The lowest BCUT2D eigenvalue weighted by Crippen LogP contribution is -2.15. The second-order valence-corrected chi connectivity index (χ2v) is 6.37. The van der Waals surface area contributed by atoms with Crippen molar-refractivity contribution >= 4 is 22.5 Å². The Morgan fingerprint density at radius 2 is 1.95 bits per heavy atom. The van der Waals surface area contributed by atoms with E-state index in [0.717, 1.165) is 40.6 Å². The summed E-state index contributed by atoms with van der Waals surface area (Å²) >= 11 is 0. The van der Waals surface area contributed by atoms with E-state index in [-0.39, 0.29) is 11.5 Å². The summed E-state index contributed by atoms with van der Waals surface area (Å²) in [7, 11) is 0. The Balaban J connectivity index is 1.81. The standard InChI is InChI=1S/C18H22N2O2/c1-11-12(2)18(22)20-16-10-14(7-8-15(11)16)19-17(21)9-13-5-3-4-6-13/h7-8,10,13H,3-6,9H2,1-2H3,(H,19,21)(H,20,22). The molecule has 4 nitrogen and oxygen atoms in total. The first-order valence-electron chi connectivity index (χ1n) is 7.97. The van der Waals surface area contributed by atoms with E-state index in [1.54, 1.807) is 0 Å². The lowest BCUT2D eigenvalue weighted by Gasteiger charge is -2.11. The van der Waals surface area contributed by atoms with Gasteiger partial charge in [0.05, 0.1) is 5.52 Å². The third kappa shape index (κ3) is 2.91. The molecule has 0 atom stereocenters. The largest absolute Gasteiger partial charge is 0.326 e. The minimum Gasteiger partial charge on any atom is -0.326 e. The maximum atomic E-state index is 12.1. The van der Waals surface area contributed by atoms with Gasteiger partial charge in [-0.15, -0.1) is 0 Å². The van der Waals surface area contributed by atoms with Crippen molar-refractivity contribution in [3.63, 3.8) is 0 Å². The van der Waals surface area contributed by atoms with Crippen LogP contribution in [0.15, 0.2) is 23.0 Å². The van der Waals surface area contributed by atoms with Gasteiger partial charge in [0.2, 0.25) is 5.91 Å². The molecule has 0 spiro atoms. The first-order valence-corrected chi connectivity index (χ1v) is 7.97. The molecule has 1 fully saturated rings. The molecule has 3 rings (SSSR count). The van der Waals surface area contributed by atoms with E-state index >= 15 is 0 Å². The number of hydrogen-bond acceptors (Lipinski definition) is 2. The van der Waals surface area contributed by atoms with Gasteiger partial charge in [-0.05, 0) is 50.3 Å². The normalized spacial score (nSPS) is 15.4. The molecule has 0 bridgehead atoms. The molecule has 116 valence electrons. The Bertz CT molecular complexity index is 770. The molecule has 2 N–H and O–H groups in total. The number of hydrogen-bond donors (Lipinski definition) is 2. The number of carbonyl (C=O) groups excluding carboxylic acids is 1. The summed E-state index contributed by atoms with van der Waals surface area (Å²) in [5.41, 5.74) is 3.17. The van der Waals surface area contributed by atoms with E-state index in [1.807, 2.05) is 32.0 Å². The highest BCUT2D eigenvalue weighted by atomic mass is 16.1. The van der Waals surface area contributed by atoms with Crippen LogP contribution in [-0.2, 0) is 4.79 Å². The number of amides is 1. The molecule has 1 aromatic carbocycles. The molecule has 1 aromatic heterocycles. The highest BCUT2D eigenvalue weighted by Gasteiger charge is 2.18. The van der Waals surface area contributed by atoms with E-state index in [1.165, 1.54) is 12.8 Å². The van der Waals surface area contributed by atoms with E-state index in [2.05, 4.69) is 10.3 Å². The molecule has 1 aliphatic rings. The van der Waals surface area contributed by atoms with E-state index in [4.69, 9.17) is 0 Å². The molecule has 1 saturated carbocycles. The van der Waals surface area contributed by atoms with Crippen LogP contribution >= 0.6 is 0 Å². The SMILES string of the molecule is Cc1c(C)c2ccc(NC(=O)CC3CCCC3)cc2[nH]c1=O. The molecule has 0 unspecified atom stereocenters. The molecule has 1 aliphatic carbocycles. The average Bonchev–Trinajstić information content (AvgIpc) is 2.97. The fraction of sp³-hybridized carbons (Fsp3) is 0.444. The number of fused-ring (bicyclic) bond motifs is 1. The van der Waals surface area contributed by atoms with Crippen molar-refractivity contribution in [2.75, 3.05) is 5.32 Å². The van der Waals surface area contributed by atoms with Crippen LogP contribution in [-0.4, -0.2) is 10.9 Å². The number of pyridine rings is 1. The highest BCUT2D eigenvalue weighted by molar-refractivity contribution is 5.94. The van der Waals surface area contributed by atoms with Gasteiger partial charge < -0.3 is 10.3 Å². The molecule has 0 radical (unpaired) electrons. The third-order valence-corrected chi connectivity index (χ3v) is 4.81. The number of H-pyrrole nitrogens is 1. The van der Waals surface area contributed by atoms with Gasteiger partial charge in [0.1, 0.15) is 0 Å². The van der Waals surface area contributed by atoms with Crippen LogP contribution in [0.5, 0.6) is 0 Å². The van der Waals surface area contributed by atoms with Crippen LogP contribution < -0.4 is 10.9 Å². The van der Waals surface area contributed by atoms with Gasteiger partial charge in [-0.25, -0.2) is 0 Å². The molecule has 22 heavy (non-hydrogen) atoms. The summed E-state index contributed by atoms with van der Waals surface area (Å²) in [5.74, 6) is 0.600. The Morgan fingerprint density at radius 1 is 1.23 bits per heavy atom. The van der Waals surface area contributed by atoms with E-state index in [0.29, 0.717) is 12.3 Å². The van der Waals surface area contributed by atoms with Crippen molar-refractivity contribution in [3.05, 3.63) is 39.7 Å². The summed E-state index contributed by atoms with van der Waals surface area (Å²) in [6.07, 6.45) is 5.41. The van der Waals surface area contributed by atoms with Gasteiger partial charge in [-0.3, -0.25) is 9.59 Å². The summed E-state index contributed by atoms with van der Waals surface area (Å²) in [6.45, 7) is 3.77. The van der Waals surface area contributed by atoms with Crippen LogP contribution in [0, 0.1) is 19.8 Å². The van der Waals surface area contributed by atoms with Crippen molar-refractivity contribution in [1.29, 1.82) is 0 Å². The van der Waals surface area contributed by atoms with Gasteiger partial charge >= 0.3 is 0 Å². The number of benzene rings is 1. The first-order chi connectivity index (χ1) is 10.5. The number of aromatic nitrogens is 1. The second-order valence-electron chi connectivity index (χ2n) is 6.37. The smallest absolute Gasteiger partial charge is 0.251 e. The predicted molar refractivity (Wildman–Crippen MR) is 89.2 cm³/mol. The molecule has 0 aliphatic heterocycles. The minimum absolute atomic E-state index is 0.0671. The molecular weight excluding hydrogens is 276 g/mol. The van der Waals surface area contributed by atoms with Gasteiger partial charge in [0.15, 0.2) is 0 Å². The Morgan fingerprint density at radius 3 is 2.68 bits per heavy atom. The van der Waals surface area contributed by atoms with Gasteiger partial charge in [0, 0.05) is 23.1 Å². The molecule has 1 heterocycles. The molecule has 4 heteroatoms. The average molecular weight is 298 g/mol. The van der Waals surface area contributed by atoms with E-state index in [9.17, 15) is 9.59 Å². The zero-order valence-electron chi connectivity index (χ0n) is 13.2. The summed E-state index contributed by atoms with van der Waals surface area (Å²) < 4.78 is 0. The molecular formula is C18H22N2O2. The van der Waals surface area contributed by atoms with Gasteiger partial charge in [-0.1, -0.05) is 18.9 Å². The lowest BCUT2D eigenvalue weighted by atomic mass is 10.0. The number of aromatic amines is 1. The number of rotatable bonds is 3.